The first-order valence-corrected chi connectivity index (χ1v) is 8.48. The molecule has 0 aliphatic carbocycles. The van der Waals surface area contributed by atoms with Crippen LogP contribution in [0.2, 0.25) is 0 Å². The fraction of sp³-hybridized carbons (Fsp3) is 0.136. The van der Waals surface area contributed by atoms with Crippen molar-refractivity contribution in [2.45, 2.75) is 19.3 Å². The van der Waals surface area contributed by atoms with Gasteiger partial charge in [0.15, 0.2) is 0 Å². The van der Waals surface area contributed by atoms with Crippen LogP contribution in [0, 0.1) is 0 Å². The zero-order valence-electron chi connectivity index (χ0n) is 14.5. The summed E-state index contributed by atoms with van der Waals surface area (Å²) in [6, 6.07) is 23.4. The van der Waals surface area contributed by atoms with Gasteiger partial charge in [0.2, 0.25) is 0 Å². The van der Waals surface area contributed by atoms with Crippen molar-refractivity contribution < 1.29 is 18.0 Å². The molecule has 0 atom stereocenters. The van der Waals surface area contributed by atoms with E-state index in [1.165, 1.54) is 23.1 Å². The fourth-order valence-electron chi connectivity index (χ4n) is 2.89. The van der Waals surface area contributed by atoms with Crippen LogP contribution in [0.25, 0.3) is 0 Å². The molecule has 1 amide bonds. The summed E-state index contributed by atoms with van der Waals surface area (Å²) < 4.78 is 40.1. The van der Waals surface area contributed by atoms with Crippen LogP contribution in [-0.2, 0) is 19.3 Å². The molecule has 5 heteroatoms. The van der Waals surface area contributed by atoms with E-state index in [-0.39, 0.29) is 18.7 Å². The highest BCUT2D eigenvalue weighted by Gasteiger charge is 2.35. The summed E-state index contributed by atoms with van der Waals surface area (Å²) in [5.41, 5.74) is 0.454. The van der Waals surface area contributed by atoms with Gasteiger partial charge in [-0.1, -0.05) is 72.8 Å². The van der Waals surface area contributed by atoms with E-state index in [1.54, 1.807) is 0 Å². The number of rotatable bonds is 5. The molecule has 0 fully saturated rings. The lowest BCUT2D eigenvalue weighted by Crippen LogP contribution is -2.31. The van der Waals surface area contributed by atoms with Crippen LogP contribution >= 0.6 is 0 Å². The Balaban J connectivity index is 1.96. The fourth-order valence-corrected chi connectivity index (χ4v) is 2.89. The normalized spacial score (nSPS) is 11.2. The molecule has 2 nitrogen and oxygen atoms in total. The Morgan fingerprint density at radius 2 is 1.15 bits per heavy atom. The molecule has 3 aromatic rings. The quantitative estimate of drug-likeness (QED) is 0.578. The number of halogens is 3. The summed E-state index contributed by atoms with van der Waals surface area (Å²) in [4.78, 5) is 14.5. The van der Waals surface area contributed by atoms with Gasteiger partial charge in [-0.05, 0) is 23.3 Å². The van der Waals surface area contributed by atoms with Crippen LogP contribution in [0.1, 0.15) is 27.0 Å². The Morgan fingerprint density at radius 3 is 1.63 bits per heavy atom. The first-order valence-electron chi connectivity index (χ1n) is 8.48. The molecule has 27 heavy (non-hydrogen) atoms. The predicted molar refractivity (Wildman–Crippen MR) is 97.9 cm³/mol. The number of hydrogen-bond acceptors (Lipinski definition) is 1. The average Bonchev–Trinajstić information content (AvgIpc) is 2.68. The monoisotopic (exact) mass is 369 g/mol. The molecule has 0 unspecified atom stereocenters. The third kappa shape index (κ3) is 4.76. The lowest BCUT2D eigenvalue weighted by molar-refractivity contribution is -0.138. The first-order chi connectivity index (χ1) is 12.9. The van der Waals surface area contributed by atoms with E-state index in [4.69, 9.17) is 0 Å². The van der Waals surface area contributed by atoms with E-state index >= 15 is 0 Å². The zero-order valence-corrected chi connectivity index (χ0v) is 14.5. The standard InChI is InChI=1S/C22H18F3NO/c23-22(24,25)20-14-8-7-13-19(20)21(27)26(15-17-9-3-1-4-10-17)16-18-11-5-2-6-12-18/h1-14H,15-16H2. The zero-order chi connectivity index (χ0) is 19.3. The van der Waals surface area contributed by atoms with Crippen molar-refractivity contribution in [1.82, 2.24) is 4.90 Å². The first kappa shape index (κ1) is 18.7. The molecule has 0 aromatic heterocycles. The second-order valence-electron chi connectivity index (χ2n) is 6.18. The number of carbonyl (C=O) groups is 1. The van der Waals surface area contributed by atoms with Gasteiger partial charge in [-0.15, -0.1) is 0 Å². The number of carbonyl (C=O) groups excluding carboxylic acids is 1. The van der Waals surface area contributed by atoms with Crippen LogP contribution in [0.4, 0.5) is 13.2 Å². The molecule has 0 bridgehead atoms. The molecular formula is C22H18F3NO. The van der Waals surface area contributed by atoms with Crippen LogP contribution in [0.15, 0.2) is 84.9 Å². The van der Waals surface area contributed by atoms with E-state index in [9.17, 15) is 18.0 Å². The minimum Gasteiger partial charge on any atom is -0.330 e. The van der Waals surface area contributed by atoms with E-state index < -0.39 is 17.6 Å². The van der Waals surface area contributed by atoms with Crippen LogP contribution < -0.4 is 0 Å². The molecule has 0 aliphatic heterocycles. The van der Waals surface area contributed by atoms with Crippen molar-refractivity contribution in [1.29, 1.82) is 0 Å². The minimum absolute atomic E-state index is 0.223. The number of hydrogen-bond donors (Lipinski definition) is 0. The van der Waals surface area contributed by atoms with Crippen molar-refractivity contribution in [3.05, 3.63) is 107 Å². The highest BCUT2D eigenvalue weighted by atomic mass is 19.4. The maximum Gasteiger partial charge on any atom is 0.417 e. The molecule has 0 spiro atoms. The van der Waals surface area contributed by atoms with Gasteiger partial charge < -0.3 is 4.90 Å². The van der Waals surface area contributed by atoms with Gasteiger partial charge >= 0.3 is 6.18 Å². The summed E-state index contributed by atoms with van der Waals surface area (Å²) in [6.07, 6.45) is -4.59. The lowest BCUT2D eigenvalue weighted by Gasteiger charge is -2.25. The van der Waals surface area contributed by atoms with Gasteiger partial charge in [-0.25, -0.2) is 0 Å². The van der Waals surface area contributed by atoms with Crippen molar-refractivity contribution in [3.63, 3.8) is 0 Å². The van der Waals surface area contributed by atoms with Crippen LogP contribution in [-0.4, -0.2) is 10.8 Å². The number of amides is 1. The molecule has 0 radical (unpaired) electrons. The maximum atomic E-state index is 13.4. The third-order valence-corrected chi connectivity index (χ3v) is 4.18. The van der Waals surface area contributed by atoms with Gasteiger partial charge in [0.25, 0.3) is 5.91 Å². The summed E-state index contributed by atoms with van der Waals surface area (Å²) in [5.74, 6) is -0.643. The third-order valence-electron chi connectivity index (χ3n) is 4.18. The van der Waals surface area contributed by atoms with Crippen molar-refractivity contribution in [2.75, 3.05) is 0 Å². The smallest absolute Gasteiger partial charge is 0.330 e. The lowest BCUT2D eigenvalue weighted by atomic mass is 10.0. The number of alkyl halides is 3. The summed E-state index contributed by atoms with van der Waals surface area (Å²) in [6.45, 7) is 0.446. The van der Waals surface area contributed by atoms with Gasteiger partial charge in [0.05, 0.1) is 11.1 Å². The molecule has 0 aliphatic rings. The molecule has 3 rings (SSSR count). The van der Waals surface area contributed by atoms with E-state index in [2.05, 4.69) is 0 Å². The van der Waals surface area contributed by atoms with Gasteiger partial charge in [0, 0.05) is 13.1 Å². The molecule has 138 valence electrons. The molecule has 0 N–H and O–H groups in total. The van der Waals surface area contributed by atoms with E-state index in [0.717, 1.165) is 17.2 Å². The van der Waals surface area contributed by atoms with Crippen molar-refractivity contribution >= 4 is 5.91 Å². The summed E-state index contributed by atoms with van der Waals surface area (Å²) in [7, 11) is 0. The second-order valence-corrected chi connectivity index (χ2v) is 6.18. The Labute approximate surface area is 155 Å². The Hall–Kier alpha value is -3.08. The van der Waals surface area contributed by atoms with E-state index in [1.807, 2.05) is 60.7 Å². The van der Waals surface area contributed by atoms with Crippen molar-refractivity contribution in [3.8, 4) is 0 Å². The van der Waals surface area contributed by atoms with E-state index in [0.29, 0.717) is 0 Å². The molecular weight excluding hydrogens is 351 g/mol. The Morgan fingerprint density at radius 1 is 0.704 bits per heavy atom. The number of nitrogens with zero attached hydrogens (tertiary/aromatic N) is 1. The summed E-state index contributed by atoms with van der Waals surface area (Å²) in [5, 5.41) is 0. The average molecular weight is 369 g/mol. The topological polar surface area (TPSA) is 20.3 Å². The maximum absolute atomic E-state index is 13.4. The predicted octanol–water partition coefficient (Wildman–Crippen LogP) is 5.55. The summed E-state index contributed by atoms with van der Waals surface area (Å²) >= 11 is 0. The Kier molecular flexibility index (Phi) is 5.60. The molecule has 0 saturated carbocycles. The molecule has 0 heterocycles. The largest absolute Gasteiger partial charge is 0.417 e. The number of benzene rings is 3. The van der Waals surface area contributed by atoms with Gasteiger partial charge in [-0.3, -0.25) is 4.79 Å². The second kappa shape index (κ2) is 8.08. The minimum atomic E-state index is -4.59. The van der Waals surface area contributed by atoms with Crippen LogP contribution in [0.5, 0.6) is 0 Å². The SMILES string of the molecule is O=C(c1ccccc1C(F)(F)F)N(Cc1ccccc1)Cc1ccccc1. The highest BCUT2D eigenvalue weighted by Crippen LogP contribution is 2.32. The van der Waals surface area contributed by atoms with Gasteiger partial charge in [-0.2, -0.15) is 13.2 Å². The van der Waals surface area contributed by atoms with Gasteiger partial charge in [0.1, 0.15) is 0 Å². The highest BCUT2D eigenvalue weighted by molar-refractivity contribution is 5.95. The van der Waals surface area contributed by atoms with Crippen molar-refractivity contribution in [2.24, 2.45) is 0 Å². The Bertz CT molecular complexity index is 851. The molecule has 3 aromatic carbocycles. The van der Waals surface area contributed by atoms with Crippen LogP contribution in [0.3, 0.4) is 0 Å². The molecule has 0 saturated heterocycles.